The van der Waals surface area contributed by atoms with E-state index in [0.29, 0.717) is 0 Å². The molecule has 1 rings (SSSR count). The van der Waals surface area contributed by atoms with Gasteiger partial charge in [0.1, 0.15) is 5.75 Å². The summed E-state index contributed by atoms with van der Waals surface area (Å²) < 4.78 is 5.41. The van der Waals surface area contributed by atoms with Crippen molar-refractivity contribution in [3.63, 3.8) is 0 Å². The molecule has 0 heterocycles. The van der Waals surface area contributed by atoms with Crippen molar-refractivity contribution < 1.29 is 56.1 Å². The van der Waals surface area contributed by atoms with Crippen LogP contribution in [-0.4, -0.2) is 6.10 Å². The average Bonchev–Trinajstić information content (AvgIpc) is 1.88. The molecule has 0 atom stereocenters. The van der Waals surface area contributed by atoms with Gasteiger partial charge in [0.25, 0.3) is 0 Å². The third-order valence-electron chi connectivity index (χ3n) is 1.11. The SMILES string of the molecule is CC(C)Oc1ccccc1.[CH3-].[CH3-].[K+]. The van der Waals surface area contributed by atoms with Crippen molar-refractivity contribution in [1.29, 1.82) is 0 Å². The second-order valence-corrected chi connectivity index (χ2v) is 2.48. The molecule has 1 nitrogen and oxygen atoms in total. The van der Waals surface area contributed by atoms with Crippen molar-refractivity contribution in [2.24, 2.45) is 0 Å². The molecule has 1 aromatic carbocycles. The molecule has 70 valence electrons. The molecule has 0 bridgehead atoms. The van der Waals surface area contributed by atoms with Crippen LogP contribution in [0.5, 0.6) is 5.75 Å². The maximum atomic E-state index is 5.41. The van der Waals surface area contributed by atoms with Crippen molar-refractivity contribution in [3.05, 3.63) is 45.2 Å². The Hall–Kier alpha value is 0.656. The van der Waals surface area contributed by atoms with Crippen molar-refractivity contribution in [1.82, 2.24) is 0 Å². The van der Waals surface area contributed by atoms with Gasteiger partial charge in [0.15, 0.2) is 0 Å². The van der Waals surface area contributed by atoms with E-state index < -0.39 is 0 Å². The van der Waals surface area contributed by atoms with Gasteiger partial charge in [-0.2, -0.15) is 0 Å². The van der Waals surface area contributed by atoms with E-state index in [-0.39, 0.29) is 72.3 Å². The molecule has 13 heavy (non-hydrogen) atoms. The van der Waals surface area contributed by atoms with Crippen molar-refractivity contribution in [2.45, 2.75) is 20.0 Å². The largest absolute Gasteiger partial charge is 1.00 e. The topological polar surface area (TPSA) is 9.23 Å². The van der Waals surface area contributed by atoms with Gasteiger partial charge in [-0.25, -0.2) is 0 Å². The summed E-state index contributed by atoms with van der Waals surface area (Å²) in [7, 11) is 0. The first-order valence-electron chi connectivity index (χ1n) is 3.51. The monoisotopic (exact) mass is 205 g/mol. The first kappa shape index (κ1) is 19.3. The maximum Gasteiger partial charge on any atom is 1.00 e. The van der Waals surface area contributed by atoms with Gasteiger partial charge >= 0.3 is 51.4 Å². The van der Waals surface area contributed by atoms with E-state index in [2.05, 4.69) is 0 Å². The number of para-hydroxylation sites is 1. The molecule has 2 heteroatoms. The minimum absolute atomic E-state index is 0. The first-order chi connectivity index (χ1) is 4.79. The quantitative estimate of drug-likeness (QED) is 0.501. The third kappa shape index (κ3) is 8.97. The number of rotatable bonds is 2. The van der Waals surface area contributed by atoms with Crippen LogP contribution in [0.4, 0.5) is 0 Å². The van der Waals surface area contributed by atoms with Crippen LogP contribution >= 0.6 is 0 Å². The van der Waals surface area contributed by atoms with Crippen molar-refractivity contribution in [2.75, 3.05) is 0 Å². The number of hydrogen-bond donors (Lipinski definition) is 0. The van der Waals surface area contributed by atoms with Crippen LogP contribution in [0, 0.1) is 14.9 Å². The molecule has 1 aromatic rings. The molecular weight excluding hydrogens is 187 g/mol. The first-order valence-corrected chi connectivity index (χ1v) is 3.51. The van der Waals surface area contributed by atoms with Crippen molar-refractivity contribution >= 4 is 0 Å². The Bertz CT molecular complexity index is 185. The average molecular weight is 205 g/mol. The van der Waals surface area contributed by atoms with Gasteiger partial charge in [0.05, 0.1) is 6.10 Å². The summed E-state index contributed by atoms with van der Waals surface area (Å²) in [6, 6.07) is 9.84. The molecule has 0 unspecified atom stereocenters. The summed E-state index contributed by atoms with van der Waals surface area (Å²) in [4.78, 5) is 0. The molecule has 0 fully saturated rings. The van der Waals surface area contributed by atoms with E-state index in [1.807, 2.05) is 44.2 Å². The molecule has 0 aromatic heterocycles. The fourth-order valence-corrected chi connectivity index (χ4v) is 0.771. The molecule has 0 saturated carbocycles. The van der Waals surface area contributed by atoms with Gasteiger partial charge in [0, 0.05) is 0 Å². The summed E-state index contributed by atoms with van der Waals surface area (Å²) in [5, 5.41) is 0. The smallest absolute Gasteiger partial charge is 0.491 e. The minimum Gasteiger partial charge on any atom is -0.491 e. The molecule has 0 aliphatic rings. The van der Waals surface area contributed by atoms with Gasteiger partial charge < -0.3 is 19.6 Å². The van der Waals surface area contributed by atoms with E-state index in [4.69, 9.17) is 4.74 Å². The molecular formula is C11H18KO-. The Morgan fingerprint density at radius 3 is 1.85 bits per heavy atom. The van der Waals surface area contributed by atoms with Crippen LogP contribution in [0.25, 0.3) is 0 Å². The minimum atomic E-state index is 0. The zero-order valence-electron chi connectivity index (χ0n) is 9.37. The van der Waals surface area contributed by atoms with Crippen LogP contribution in [0.15, 0.2) is 30.3 Å². The van der Waals surface area contributed by atoms with Gasteiger partial charge in [-0.15, -0.1) is 0 Å². The molecule has 0 radical (unpaired) electrons. The van der Waals surface area contributed by atoms with Crippen LogP contribution in [0.2, 0.25) is 0 Å². The van der Waals surface area contributed by atoms with E-state index >= 15 is 0 Å². The van der Waals surface area contributed by atoms with E-state index in [1.54, 1.807) is 0 Å². The van der Waals surface area contributed by atoms with E-state index in [1.165, 1.54) is 0 Å². The van der Waals surface area contributed by atoms with Crippen LogP contribution < -0.4 is 56.1 Å². The van der Waals surface area contributed by atoms with Crippen LogP contribution in [0.3, 0.4) is 0 Å². The third-order valence-corrected chi connectivity index (χ3v) is 1.11. The van der Waals surface area contributed by atoms with Gasteiger partial charge in [-0.3, -0.25) is 0 Å². The predicted molar refractivity (Wildman–Crippen MR) is 55.0 cm³/mol. The predicted octanol–water partition coefficient (Wildman–Crippen LogP) is 0.378. The molecule has 0 spiro atoms. The fourth-order valence-electron chi connectivity index (χ4n) is 0.771. The summed E-state index contributed by atoms with van der Waals surface area (Å²) in [5.74, 6) is 0.942. The Morgan fingerprint density at radius 2 is 1.46 bits per heavy atom. The number of benzene rings is 1. The van der Waals surface area contributed by atoms with Gasteiger partial charge in [-0.05, 0) is 26.0 Å². The zero-order valence-corrected chi connectivity index (χ0v) is 12.5. The Labute approximate surface area is 125 Å². The van der Waals surface area contributed by atoms with E-state index in [9.17, 15) is 0 Å². The standard InChI is InChI=1S/C9H12O.2CH3.K/c1-8(2)10-9-6-4-3-5-7-9;;;/h3-8H,1-2H3;2*1H3;/q;2*-1;+1. The molecule has 0 N–H and O–H groups in total. The van der Waals surface area contributed by atoms with Gasteiger partial charge in [0.2, 0.25) is 0 Å². The van der Waals surface area contributed by atoms with Crippen LogP contribution in [0.1, 0.15) is 13.8 Å². The molecule has 0 aliphatic carbocycles. The second kappa shape index (κ2) is 10.7. The summed E-state index contributed by atoms with van der Waals surface area (Å²) in [6.45, 7) is 4.04. The number of ether oxygens (including phenoxy) is 1. The Balaban J connectivity index is -0.000000333. The van der Waals surface area contributed by atoms with E-state index in [0.717, 1.165) is 5.75 Å². The molecule has 0 saturated heterocycles. The second-order valence-electron chi connectivity index (χ2n) is 2.48. The molecule has 0 amide bonds. The van der Waals surface area contributed by atoms with Gasteiger partial charge in [-0.1, -0.05) is 18.2 Å². The Morgan fingerprint density at radius 1 is 1.00 bits per heavy atom. The fraction of sp³-hybridized carbons (Fsp3) is 0.273. The Kier molecular flexibility index (Phi) is 15.9. The summed E-state index contributed by atoms with van der Waals surface area (Å²) >= 11 is 0. The van der Waals surface area contributed by atoms with Crippen LogP contribution in [-0.2, 0) is 0 Å². The maximum absolute atomic E-state index is 5.41. The normalized spacial score (nSPS) is 7.62. The summed E-state index contributed by atoms with van der Waals surface area (Å²) in [5.41, 5.74) is 0. The summed E-state index contributed by atoms with van der Waals surface area (Å²) in [6.07, 6.45) is 0.266. The number of hydrogen-bond acceptors (Lipinski definition) is 1. The molecule has 0 aliphatic heterocycles. The van der Waals surface area contributed by atoms with Crippen molar-refractivity contribution in [3.8, 4) is 5.75 Å². The zero-order chi connectivity index (χ0) is 7.40.